The molecule has 0 saturated carbocycles. The highest BCUT2D eigenvalue weighted by Crippen LogP contribution is 2.09. The molecule has 1 saturated heterocycles. The summed E-state index contributed by atoms with van der Waals surface area (Å²) in [5.74, 6) is 0. The Hall–Kier alpha value is -0.910. The van der Waals surface area contributed by atoms with Crippen LogP contribution in [0.2, 0.25) is 0 Å². The first-order valence-electron chi connectivity index (χ1n) is 6.88. The number of piperazine rings is 1. The first-order chi connectivity index (χ1) is 8.69. The van der Waals surface area contributed by atoms with E-state index in [4.69, 9.17) is 5.73 Å². The van der Waals surface area contributed by atoms with Gasteiger partial charge < -0.3 is 5.73 Å². The Morgan fingerprint density at radius 2 is 1.89 bits per heavy atom. The first-order valence-corrected chi connectivity index (χ1v) is 6.88. The van der Waals surface area contributed by atoms with Crippen LogP contribution in [0.25, 0.3) is 0 Å². The molecular weight excluding hydrogens is 226 g/mol. The van der Waals surface area contributed by atoms with Crippen molar-refractivity contribution in [1.82, 2.24) is 19.6 Å². The third-order valence-electron chi connectivity index (χ3n) is 3.49. The molecule has 5 nitrogen and oxygen atoms in total. The zero-order valence-corrected chi connectivity index (χ0v) is 11.5. The number of nitrogens with zero attached hydrogens (tertiary/aromatic N) is 4. The van der Waals surface area contributed by atoms with E-state index >= 15 is 0 Å². The number of hydrogen-bond donors (Lipinski definition) is 1. The van der Waals surface area contributed by atoms with Gasteiger partial charge in [0.05, 0.1) is 5.69 Å². The maximum absolute atomic E-state index is 5.58. The summed E-state index contributed by atoms with van der Waals surface area (Å²) in [4.78, 5) is 4.91. The SMILES string of the molecule is CC(C)n1ccc(CN2CCN(CCN)CC2)n1. The van der Waals surface area contributed by atoms with Crippen molar-refractivity contribution in [3.8, 4) is 0 Å². The smallest absolute Gasteiger partial charge is 0.0764 e. The van der Waals surface area contributed by atoms with Crippen molar-refractivity contribution < 1.29 is 0 Å². The summed E-state index contributed by atoms with van der Waals surface area (Å²) in [6.45, 7) is 11.6. The lowest BCUT2D eigenvalue weighted by Gasteiger charge is -2.34. The van der Waals surface area contributed by atoms with Crippen LogP contribution in [-0.4, -0.2) is 58.8 Å². The van der Waals surface area contributed by atoms with E-state index in [9.17, 15) is 0 Å². The van der Waals surface area contributed by atoms with Gasteiger partial charge in [0, 0.05) is 58.1 Å². The van der Waals surface area contributed by atoms with Crippen LogP contribution in [0.15, 0.2) is 12.3 Å². The summed E-state index contributed by atoms with van der Waals surface area (Å²) in [6.07, 6.45) is 2.07. The number of rotatable bonds is 5. The summed E-state index contributed by atoms with van der Waals surface area (Å²) in [5, 5.41) is 4.60. The molecule has 1 aliphatic heterocycles. The molecule has 0 aromatic carbocycles. The normalized spacial score (nSPS) is 18.7. The largest absolute Gasteiger partial charge is 0.329 e. The van der Waals surface area contributed by atoms with Crippen molar-refractivity contribution in [3.05, 3.63) is 18.0 Å². The lowest BCUT2D eigenvalue weighted by atomic mass is 10.3. The lowest BCUT2D eigenvalue weighted by molar-refractivity contribution is 0.128. The second-order valence-corrected chi connectivity index (χ2v) is 5.29. The zero-order chi connectivity index (χ0) is 13.0. The van der Waals surface area contributed by atoms with E-state index < -0.39 is 0 Å². The van der Waals surface area contributed by atoms with Crippen LogP contribution in [0.3, 0.4) is 0 Å². The monoisotopic (exact) mass is 251 g/mol. The molecule has 1 aliphatic rings. The molecule has 18 heavy (non-hydrogen) atoms. The Labute approximate surface area is 110 Å². The highest BCUT2D eigenvalue weighted by Gasteiger charge is 2.17. The average molecular weight is 251 g/mol. The van der Waals surface area contributed by atoms with Gasteiger partial charge in [0.1, 0.15) is 0 Å². The average Bonchev–Trinajstić information content (AvgIpc) is 2.81. The fourth-order valence-corrected chi connectivity index (χ4v) is 2.33. The topological polar surface area (TPSA) is 50.3 Å². The molecule has 0 aliphatic carbocycles. The van der Waals surface area contributed by atoms with Crippen LogP contribution in [0.5, 0.6) is 0 Å². The van der Waals surface area contributed by atoms with Crippen molar-refractivity contribution >= 4 is 0 Å². The van der Waals surface area contributed by atoms with Gasteiger partial charge in [0.25, 0.3) is 0 Å². The predicted molar refractivity (Wildman–Crippen MR) is 73.4 cm³/mol. The minimum absolute atomic E-state index is 0.445. The maximum atomic E-state index is 5.58. The van der Waals surface area contributed by atoms with Crippen molar-refractivity contribution in [1.29, 1.82) is 0 Å². The Morgan fingerprint density at radius 1 is 1.22 bits per heavy atom. The van der Waals surface area contributed by atoms with Crippen molar-refractivity contribution in [2.45, 2.75) is 26.4 Å². The number of hydrogen-bond acceptors (Lipinski definition) is 4. The molecule has 5 heteroatoms. The molecular formula is C13H25N5. The fraction of sp³-hybridized carbons (Fsp3) is 0.769. The molecule has 2 N–H and O–H groups in total. The third kappa shape index (κ3) is 3.54. The van der Waals surface area contributed by atoms with Gasteiger partial charge in [0.15, 0.2) is 0 Å². The quantitative estimate of drug-likeness (QED) is 0.830. The van der Waals surface area contributed by atoms with Gasteiger partial charge in [-0.05, 0) is 19.9 Å². The minimum Gasteiger partial charge on any atom is -0.329 e. The van der Waals surface area contributed by atoms with Gasteiger partial charge in [-0.25, -0.2) is 0 Å². The maximum Gasteiger partial charge on any atom is 0.0764 e. The van der Waals surface area contributed by atoms with Crippen molar-refractivity contribution in [3.63, 3.8) is 0 Å². The molecule has 1 aromatic rings. The highest BCUT2D eigenvalue weighted by molar-refractivity contribution is 4.99. The lowest BCUT2D eigenvalue weighted by Crippen LogP contribution is -2.47. The van der Waals surface area contributed by atoms with E-state index in [1.165, 1.54) is 5.69 Å². The van der Waals surface area contributed by atoms with Gasteiger partial charge in [-0.1, -0.05) is 0 Å². The summed E-state index contributed by atoms with van der Waals surface area (Å²) in [5.41, 5.74) is 6.76. The Balaban J connectivity index is 1.80. The van der Waals surface area contributed by atoms with E-state index in [2.05, 4.69) is 41.0 Å². The van der Waals surface area contributed by atoms with Crippen LogP contribution in [0, 0.1) is 0 Å². The summed E-state index contributed by atoms with van der Waals surface area (Å²) >= 11 is 0. The summed E-state index contributed by atoms with van der Waals surface area (Å²) in [7, 11) is 0. The second kappa shape index (κ2) is 6.31. The second-order valence-electron chi connectivity index (χ2n) is 5.29. The summed E-state index contributed by atoms with van der Waals surface area (Å²) in [6, 6.07) is 2.58. The predicted octanol–water partition coefficient (Wildman–Crippen LogP) is 0.540. The highest BCUT2D eigenvalue weighted by atomic mass is 15.3. The van der Waals surface area contributed by atoms with Crippen molar-refractivity contribution in [2.75, 3.05) is 39.3 Å². The molecule has 2 rings (SSSR count). The third-order valence-corrected chi connectivity index (χ3v) is 3.49. The van der Waals surface area contributed by atoms with Crippen LogP contribution in [-0.2, 0) is 6.54 Å². The number of nitrogens with two attached hydrogens (primary N) is 1. The van der Waals surface area contributed by atoms with Crippen LogP contribution >= 0.6 is 0 Å². The summed E-state index contributed by atoms with van der Waals surface area (Å²) < 4.78 is 2.03. The van der Waals surface area contributed by atoms with E-state index in [1.54, 1.807) is 0 Å². The fourth-order valence-electron chi connectivity index (χ4n) is 2.33. The van der Waals surface area contributed by atoms with Gasteiger partial charge in [0.2, 0.25) is 0 Å². The molecule has 0 amide bonds. The molecule has 1 aromatic heterocycles. The van der Waals surface area contributed by atoms with Crippen LogP contribution in [0.1, 0.15) is 25.6 Å². The van der Waals surface area contributed by atoms with E-state index in [-0.39, 0.29) is 0 Å². The standard InChI is InChI=1S/C13H25N5/c1-12(2)18-5-3-13(15-18)11-17-9-7-16(6-4-14)8-10-17/h3,5,12H,4,6-11,14H2,1-2H3. The Kier molecular flexibility index (Phi) is 4.74. The Bertz CT molecular complexity index is 352. The molecule has 0 unspecified atom stereocenters. The van der Waals surface area contributed by atoms with Gasteiger partial charge in [-0.3, -0.25) is 14.5 Å². The molecule has 2 heterocycles. The molecule has 0 bridgehead atoms. The van der Waals surface area contributed by atoms with Gasteiger partial charge >= 0.3 is 0 Å². The molecule has 1 fully saturated rings. The zero-order valence-electron chi connectivity index (χ0n) is 11.5. The molecule has 0 atom stereocenters. The van der Waals surface area contributed by atoms with Crippen LogP contribution in [0.4, 0.5) is 0 Å². The number of aromatic nitrogens is 2. The van der Waals surface area contributed by atoms with Gasteiger partial charge in [-0.2, -0.15) is 5.10 Å². The van der Waals surface area contributed by atoms with Gasteiger partial charge in [-0.15, -0.1) is 0 Å². The molecule has 0 radical (unpaired) electrons. The van der Waals surface area contributed by atoms with Crippen molar-refractivity contribution in [2.24, 2.45) is 5.73 Å². The van der Waals surface area contributed by atoms with Crippen LogP contribution < -0.4 is 5.73 Å². The first kappa shape index (κ1) is 13.5. The van der Waals surface area contributed by atoms with E-state index in [0.717, 1.165) is 45.8 Å². The Morgan fingerprint density at radius 3 is 2.44 bits per heavy atom. The molecule has 0 spiro atoms. The van der Waals surface area contributed by atoms with E-state index in [1.807, 2.05) is 4.68 Å². The molecule has 102 valence electrons. The minimum atomic E-state index is 0.445. The van der Waals surface area contributed by atoms with E-state index in [0.29, 0.717) is 6.04 Å².